The Bertz CT molecular complexity index is 482. The van der Waals surface area contributed by atoms with Gasteiger partial charge in [-0.2, -0.15) is 0 Å². The quantitative estimate of drug-likeness (QED) is 0.707. The van der Waals surface area contributed by atoms with Gasteiger partial charge >= 0.3 is 5.97 Å². The van der Waals surface area contributed by atoms with Crippen LogP contribution < -0.4 is 11.1 Å². The molecule has 0 saturated heterocycles. The topological polar surface area (TPSA) is 78.6 Å². The first-order valence-corrected chi connectivity index (χ1v) is 6.49. The maximum absolute atomic E-state index is 10.9. The van der Waals surface area contributed by atoms with Gasteiger partial charge in [0.05, 0.1) is 5.56 Å². The van der Waals surface area contributed by atoms with E-state index in [0.717, 1.165) is 12.2 Å². The average molecular weight is 263 g/mol. The second-order valence-electron chi connectivity index (χ2n) is 5.43. The van der Waals surface area contributed by atoms with Crippen molar-refractivity contribution in [3.8, 4) is 0 Å². The number of nitrogens with one attached hydrogen (secondary N) is 1. The number of nitrogens with zero attached hydrogens (tertiary/aromatic N) is 1. The van der Waals surface area contributed by atoms with Crippen LogP contribution in [-0.2, 0) is 0 Å². The molecule has 19 heavy (non-hydrogen) atoms. The minimum Gasteiger partial charge on any atom is -0.478 e. The maximum Gasteiger partial charge on any atom is 0.337 e. The van der Waals surface area contributed by atoms with Gasteiger partial charge in [-0.25, -0.2) is 4.79 Å². The van der Waals surface area contributed by atoms with E-state index in [0.29, 0.717) is 5.69 Å². The molecular weight excluding hydrogens is 242 g/mol. The van der Waals surface area contributed by atoms with Crippen molar-refractivity contribution in [2.75, 3.05) is 31.7 Å². The Hall–Kier alpha value is -1.75. The lowest BCUT2D eigenvalue weighted by atomic mass is 9.75. The number of benzene rings is 1. The number of carboxylic acids is 1. The van der Waals surface area contributed by atoms with E-state index in [1.807, 2.05) is 0 Å². The molecule has 0 radical (unpaired) electrons. The van der Waals surface area contributed by atoms with Crippen molar-refractivity contribution in [1.29, 1.82) is 0 Å². The standard InChI is InChI=1S/C14H21N3O2/c1-17(2)14(6-3-7-14)9-16-10-4-5-11(13(18)19)12(15)8-10/h4-5,8,16H,3,6-7,9,15H2,1-2H3,(H,18,19). The number of hydrogen-bond donors (Lipinski definition) is 3. The highest BCUT2D eigenvalue weighted by atomic mass is 16.4. The van der Waals surface area contributed by atoms with Crippen LogP contribution in [0.2, 0.25) is 0 Å². The van der Waals surface area contributed by atoms with Crippen molar-refractivity contribution < 1.29 is 9.90 Å². The molecule has 0 heterocycles. The number of carboxylic acid groups (broad SMARTS) is 1. The van der Waals surface area contributed by atoms with Crippen LogP contribution in [0.3, 0.4) is 0 Å². The third-order valence-electron chi connectivity index (χ3n) is 4.14. The van der Waals surface area contributed by atoms with Crippen molar-refractivity contribution >= 4 is 17.3 Å². The van der Waals surface area contributed by atoms with Crippen LogP contribution in [0.5, 0.6) is 0 Å². The van der Waals surface area contributed by atoms with Gasteiger partial charge in [-0.05, 0) is 51.6 Å². The fourth-order valence-electron chi connectivity index (χ4n) is 2.50. The van der Waals surface area contributed by atoms with E-state index in [-0.39, 0.29) is 11.1 Å². The van der Waals surface area contributed by atoms with Gasteiger partial charge < -0.3 is 21.1 Å². The van der Waals surface area contributed by atoms with Crippen LogP contribution >= 0.6 is 0 Å². The molecular formula is C14H21N3O2. The van der Waals surface area contributed by atoms with E-state index in [1.54, 1.807) is 18.2 Å². The second-order valence-corrected chi connectivity index (χ2v) is 5.43. The number of carbonyl (C=O) groups is 1. The average Bonchev–Trinajstić information content (AvgIpc) is 2.26. The molecule has 0 aliphatic heterocycles. The summed E-state index contributed by atoms with van der Waals surface area (Å²) >= 11 is 0. The zero-order valence-corrected chi connectivity index (χ0v) is 11.4. The lowest BCUT2D eigenvalue weighted by molar-refractivity contribution is 0.0698. The van der Waals surface area contributed by atoms with Gasteiger partial charge in [0, 0.05) is 23.5 Å². The maximum atomic E-state index is 10.9. The summed E-state index contributed by atoms with van der Waals surface area (Å²) in [6.45, 7) is 0.853. The summed E-state index contributed by atoms with van der Waals surface area (Å²) in [4.78, 5) is 13.2. The molecule has 0 bridgehead atoms. The molecule has 0 aromatic heterocycles. The van der Waals surface area contributed by atoms with Crippen LogP contribution in [0, 0.1) is 0 Å². The largest absolute Gasteiger partial charge is 0.478 e. The Balaban J connectivity index is 2.04. The molecule has 1 saturated carbocycles. The van der Waals surface area contributed by atoms with Crippen LogP contribution in [0.1, 0.15) is 29.6 Å². The molecule has 2 rings (SSSR count). The first kappa shape index (κ1) is 13.7. The summed E-state index contributed by atoms with van der Waals surface area (Å²) in [5, 5.41) is 12.3. The number of hydrogen-bond acceptors (Lipinski definition) is 4. The number of anilines is 2. The fraction of sp³-hybridized carbons (Fsp3) is 0.500. The minimum absolute atomic E-state index is 0.150. The predicted molar refractivity (Wildman–Crippen MR) is 76.6 cm³/mol. The Morgan fingerprint density at radius 2 is 2.16 bits per heavy atom. The molecule has 1 aliphatic rings. The Morgan fingerprint density at radius 3 is 2.58 bits per heavy atom. The molecule has 4 N–H and O–H groups in total. The Morgan fingerprint density at radius 1 is 1.47 bits per heavy atom. The monoisotopic (exact) mass is 263 g/mol. The molecule has 5 heteroatoms. The van der Waals surface area contributed by atoms with Crippen LogP contribution in [0.25, 0.3) is 0 Å². The molecule has 1 fully saturated rings. The van der Waals surface area contributed by atoms with E-state index < -0.39 is 5.97 Å². The van der Waals surface area contributed by atoms with Gasteiger partial charge in [-0.3, -0.25) is 0 Å². The lowest BCUT2D eigenvalue weighted by Gasteiger charge is -2.47. The summed E-state index contributed by atoms with van der Waals surface area (Å²) in [5.41, 5.74) is 7.28. The van der Waals surface area contributed by atoms with Gasteiger partial charge in [-0.1, -0.05) is 0 Å². The molecule has 1 aromatic carbocycles. The molecule has 1 aliphatic carbocycles. The van der Waals surface area contributed by atoms with Crippen molar-refractivity contribution in [2.45, 2.75) is 24.8 Å². The highest BCUT2D eigenvalue weighted by Gasteiger charge is 2.38. The van der Waals surface area contributed by atoms with E-state index >= 15 is 0 Å². The molecule has 0 amide bonds. The SMILES string of the molecule is CN(C)C1(CNc2ccc(C(=O)O)c(N)c2)CCC1. The lowest BCUT2D eigenvalue weighted by Crippen LogP contribution is -2.54. The highest BCUT2D eigenvalue weighted by molar-refractivity contribution is 5.94. The zero-order chi connectivity index (χ0) is 14.0. The smallest absolute Gasteiger partial charge is 0.337 e. The molecule has 1 aromatic rings. The summed E-state index contributed by atoms with van der Waals surface area (Å²) < 4.78 is 0. The van der Waals surface area contributed by atoms with E-state index in [9.17, 15) is 4.79 Å². The van der Waals surface area contributed by atoms with Crippen LogP contribution in [0.4, 0.5) is 11.4 Å². The Kier molecular flexibility index (Phi) is 3.66. The summed E-state index contributed by atoms with van der Waals surface area (Å²) in [7, 11) is 4.20. The molecule has 5 nitrogen and oxygen atoms in total. The van der Waals surface area contributed by atoms with Crippen molar-refractivity contribution in [2.24, 2.45) is 0 Å². The normalized spacial score (nSPS) is 17.0. The summed E-state index contributed by atoms with van der Waals surface area (Å²) in [5.74, 6) is -0.993. The third kappa shape index (κ3) is 2.66. The molecule has 0 unspecified atom stereocenters. The summed E-state index contributed by atoms with van der Waals surface area (Å²) in [6, 6.07) is 5.00. The number of rotatable bonds is 5. The van der Waals surface area contributed by atoms with Crippen molar-refractivity contribution in [3.63, 3.8) is 0 Å². The molecule has 0 spiro atoms. The minimum atomic E-state index is -0.993. The predicted octanol–water partition coefficient (Wildman–Crippen LogP) is 1.86. The van der Waals surface area contributed by atoms with Gasteiger partial charge in [0.25, 0.3) is 0 Å². The van der Waals surface area contributed by atoms with Gasteiger partial charge in [0.1, 0.15) is 0 Å². The fourth-order valence-corrected chi connectivity index (χ4v) is 2.50. The number of nitrogens with two attached hydrogens (primary N) is 1. The van der Waals surface area contributed by atoms with Gasteiger partial charge in [0.15, 0.2) is 0 Å². The summed E-state index contributed by atoms with van der Waals surface area (Å²) in [6.07, 6.45) is 3.64. The van der Waals surface area contributed by atoms with E-state index in [4.69, 9.17) is 10.8 Å². The number of likely N-dealkylation sites (N-methyl/N-ethyl adjacent to an activating group) is 1. The number of nitrogen functional groups attached to an aromatic ring is 1. The van der Waals surface area contributed by atoms with Crippen LogP contribution in [0.15, 0.2) is 18.2 Å². The first-order valence-electron chi connectivity index (χ1n) is 6.49. The third-order valence-corrected chi connectivity index (χ3v) is 4.14. The van der Waals surface area contributed by atoms with Crippen molar-refractivity contribution in [3.05, 3.63) is 23.8 Å². The second kappa shape index (κ2) is 5.09. The van der Waals surface area contributed by atoms with E-state index in [2.05, 4.69) is 24.3 Å². The molecule has 104 valence electrons. The zero-order valence-electron chi connectivity index (χ0n) is 11.4. The van der Waals surface area contributed by atoms with Crippen LogP contribution in [-0.4, -0.2) is 42.2 Å². The first-order chi connectivity index (χ1) is 8.94. The van der Waals surface area contributed by atoms with Gasteiger partial charge in [-0.15, -0.1) is 0 Å². The Labute approximate surface area is 113 Å². The number of aromatic carboxylic acids is 1. The highest BCUT2D eigenvalue weighted by Crippen LogP contribution is 2.36. The van der Waals surface area contributed by atoms with Gasteiger partial charge in [0.2, 0.25) is 0 Å². The van der Waals surface area contributed by atoms with E-state index in [1.165, 1.54) is 19.3 Å². The molecule has 0 atom stereocenters. The van der Waals surface area contributed by atoms with Crippen molar-refractivity contribution in [1.82, 2.24) is 4.90 Å².